The highest BCUT2D eigenvalue weighted by molar-refractivity contribution is 5.60. The van der Waals surface area contributed by atoms with Gasteiger partial charge in [0.05, 0.1) is 34.7 Å². The quantitative estimate of drug-likeness (QED) is 0.506. The Bertz CT molecular complexity index is 1180. The first-order chi connectivity index (χ1) is 13.9. The van der Waals surface area contributed by atoms with Crippen molar-refractivity contribution >= 4 is 0 Å². The molecule has 4 rings (SSSR count). The van der Waals surface area contributed by atoms with Crippen molar-refractivity contribution in [3.05, 3.63) is 83.8 Å². The van der Waals surface area contributed by atoms with E-state index in [9.17, 15) is 8.78 Å². The third kappa shape index (κ3) is 3.51. The van der Waals surface area contributed by atoms with Gasteiger partial charge in [-0.05, 0) is 57.2 Å². The van der Waals surface area contributed by atoms with Crippen LogP contribution in [-0.2, 0) is 5.41 Å². The smallest absolute Gasteiger partial charge is 0.224 e. The van der Waals surface area contributed by atoms with E-state index in [0.29, 0.717) is 11.4 Å². The molecule has 0 aliphatic rings. The Morgan fingerprint density at radius 2 is 1.48 bits per heavy atom. The topological polar surface area (TPSA) is 67.3 Å². The number of imidazole rings is 1. The lowest BCUT2D eigenvalue weighted by molar-refractivity contribution is 0.514. The second-order valence-corrected chi connectivity index (χ2v) is 7.29. The summed E-state index contributed by atoms with van der Waals surface area (Å²) in [6, 6.07) is 13.6. The highest BCUT2D eigenvalue weighted by Gasteiger charge is 2.27. The molecule has 0 saturated carbocycles. The van der Waals surface area contributed by atoms with Crippen LogP contribution in [0.15, 0.2) is 54.9 Å². The fraction of sp³-hybridized carbons (Fsp3) is 0.182. The number of hydrogen-bond acceptors (Lipinski definition) is 4. The maximum Gasteiger partial charge on any atom is 0.224 e. The van der Waals surface area contributed by atoms with E-state index in [1.54, 1.807) is 18.5 Å². The van der Waals surface area contributed by atoms with Gasteiger partial charge in [-0.1, -0.05) is 12.1 Å². The molecule has 4 aromatic heterocycles. The molecule has 7 heteroatoms. The summed E-state index contributed by atoms with van der Waals surface area (Å²) in [5.74, 6) is -1.75. The first-order valence-corrected chi connectivity index (χ1v) is 9.14. The summed E-state index contributed by atoms with van der Waals surface area (Å²) in [5, 5.41) is 0. The van der Waals surface area contributed by atoms with Crippen LogP contribution in [0.3, 0.4) is 0 Å². The number of rotatable bonds is 4. The third-order valence-corrected chi connectivity index (χ3v) is 4.94. The molecule has 0 aliphatic heterocycles. The molecule has 0 amide bonds. The molecule has 0 atom stereocenters. The van der Waals surface area contributed by atoms with E-state index in [2.05, 4.69) is 19.9 Å². The van der Waals surface area contributed by atoms with Crippen LogP contribution in [0.2, 0.25) is 0 Å². The summed E-state index contributed by atoms with van der Waals surface area (Å²) < 4.78 is 27.3. The Morgan fingerprint density at radius 3 is 2.10 bits per heavy atom. The molecule has 0 radical (unpaired) electrons. The minimum Gasteiger partial charge on any atom is -0.348 e. The average molecular weight is 391 g/mol. The SMILES string of the molecule is Cc1[nH]cnc1-c1cccc(C(C)(C)c2cccc(-c3ccc(F)nc3F)n2)n1. The van der Waals surface area contributed by atoms with Crippen LogP contribution in [-0.4, -0.2) is 24.9 Å². The van der Waals surface area contributed by atoms with Crippen molar-refractivity contribution in [3.63, 3.8) is 0 Å². The molecule has 0 saturated heterocycles. The van der Waals surface area contributed by atoms with Gasteiger partial charge in [-0.3, -0.25) is 9.97 Å². The lowest BCUT2D eigenvalue weighted by Crippen LogP contribution is -2.22. The van der Waals surface area contributed by atoms with Crippen molar-refractivity contribution in [3.8, 4) is 22.6 Å². The van der Waals surface area contributed by atoms with E-state index in [1.165, 1.54) is 6.07 Å². The monoisotopic (exact) mass is 391 g/mol. The first kappa shape index (κ1) is 18.9. The standard InChI is InChI=1S/C22H19F2N5/c1-13-20(26-12-25-13)16-7-5-9-18(28-16)22(2,3)17-8-4-6-15(27-17)14-10-11-19(23)29-21(14)24/h4-12H,1-3H3,(H,25,26). The summed E-state index contributed by atoms with van der Waals surface area (Å²) in [7, 11) is 0. The number of H-pyrrole nitrogens is 1. The van der Waals surface area contributed by atoms with Gasteiger partial charge in [-0.25, -0.2) is 4.98 Å². The normalized spacial score (nSPS) is 11.6. The highest BCUT2D eigenvalue weighted by atomic mass is 19.1. The second-order valence-electron chi connectivity index (χ2n) is 7.29. The van der Waals surface area contributed by atoms with Crippen LogP contribution >= 0.6 is 0 Å². The van der Waals surface area contributed by atoms with Crippen molar-refractivity contribution < 1.29 is 8.78 Å². The fourth-order valence-electron chi connectivity index (χ4n) is 3.20. The van der Waals surface area contributed by atoms with E-state index in [-0.39, 0.29) is 5.56 Å². The summed E-state index contributed by atoms with van der Waals surface area (Å²) in [4.78, 5) is 20.1. The van der Waals surface area contributed by atoms with Gasteiger partial charge >= 0.3 is 0 Å². The largest absolute Gasteiger partial charge is 0.348 e. The Hall–Kier alpha value is -3.48. The van der Waals surface area contributed by atoms with Crippen LogP contribution in [0, 0.1) is 18.8 Å². The van der Waals surface area contributed by atoms with E-state index in [0.717, 1.165) is 28.8 Å². The molecule has 4 aromatic rings. The van der Waals surface area contributed by atoms with Crippen molar-refractivity contribution in [1.82, 2.24) is 24.9 Å². The number of nitrogens with zero attached hydrogens (tertiary/aromatic N) is 4. The Balaban J connectivity index is 1.76. The number of aromatic nitrogens is 5. The van der Waals surface area contributed by atoms with E-state index >= 15 is 0 Å². The van der Waals surface area contributed by atoms with Crippen molar-refractivity contribution in [2.75, 3.05) is 0 Å². The number of aryl methyl sites for hydroxylation is 1. The number of aromatic amines is 1. The summed E-state index contributed by atoms with van der Waals surface area (Å²) in [6.07, 6.45) is 1.64. The molecule has 4 heterocycles. The van der Waals surface area contributed by atoms with Crippen molar-refractivity contribution in [2.24, 2.45) is 0 Å². The van der Waals surface area contributed by atoms with Gasteiger partial charge in [0, 0.05) is 11.1 Å². The lowest BCUT2D eigenvalue weighted by Gasteiger charge is -2.24. The van der Waals surface area contributed by atoms with E-state index in [4.69, 9.17) is 4.98 Å². The number of nitrogens with one attached hydrogen (secondary N) is 1. The molecular formula is C22H19F2N5. The summed E-state index contributed by atoms with van der Waals surface area (Å²) in [6.45, 7) is 5.95. The van der Waals surface area contributed by atoms with Gasteiger partial charge in [-0.2, -0.15) is 13.8 Å². The van der Waals surface area contributed by atoms with Gasteiger partial charge < -0.3 is 4.98 Å². The minimum absolute atomic E-state index is 0.151. The van der Waals surface area contributed by atoms with Gasteiger partial charge in [0.2, 0.25) is 11.9 Å². The number of halogens is 2. The zero-order valence-corrected chi connectivity index (χ0v) is 16.2. The van der Waals surface area contributed by atoms with Gasteiger partial charge in [0.15, 0.2) is 0 Å². The predicted molar refractivity (Wildman–Crippen MR) is 106 cm³/mol. The molecule has 0 unspecified atom stereocenters. The zero-order valence-electron chi connectivity index (χ0n) is 16.2. The molecule has 0 bridgehead atoms. The predicted octanol–water partition coefficient (Wildman–Crippen LogP) is 4.84. The van der Waals surface area contributed by atoms with Crippen LogP contribution in [0.5, 0.6) is 0 Å². The van der Waals surface area contributed by atoms with Gasteiger partial charge in [-0.15, -0.1) is 0 Å². The van der Waals surface area contributed by atoms with Gasteiger partial charge in [0.25, 0.3) is 0 Å². The molecule has 0 spiro atoms. The molecule has 5 nitrogen and oxygen atoms in total. The Labute approximate surface area is 166 Å². The van der Waals surface area contributed by atoms with Crippen molar-refractivity contribution in [1.29, 1.82) is 0 Å². The van der Waals surface area contributed by atoms with E-state index < -0.39 is 17.3 Å². The minimum atomic E-state index is -0.887. The maximum absolute atomic E-state index is 14.1. The molecule has 0 fully saturated rings. The molecule has 0 aliphatic carbocycles. The van der Waals surface area contributed by atoms with E-state index in [1.807, 2.05) is 45.0 Å². The Kier molecular flexibility index (Phi) is 4.66. The number of hydrogen-bond donors (Lipinski definition) is 1. The highest BCUT2D eigenvalue weighted by Crippen LogP contribution is 2.32. The molecule has 1 N–H and O–H groups in total. The first-order valence-electron chi connectivity index (χ1n) is 9.14. The molecule has 146 valence electrons. The van der Waals surface area contributed by atoms with Crippen LogP contribution in [0.1, 0.15) is 30.9 Å². The Morgan fingerprint density at radius 1 is 0.828 bits per heavy atom. The maximum atomic E-state index is 14.1. The third-order valence-electron chi connectivity index (χ3n) is 4.94. The summed E-state index contributed by atoms with van der Waals surface area (Å²) in [5.41, 5.74) is 4.00. The van der Waals surface area contributed by atoms with Crippen LogP contribution < -0.4 is 0 Å². The second kappa shape index (κ2) is 7.16. The fourth-order valence-corrected chi connectivity index (χ4v) is 3.20. The zero-order chi connectivity index (χ0) is 20.6. The lowest BCUT2D eigenvalue weighted by atomic mass is 9.84. The molecular weight excluding hydrogens is 372 g/mol. The average Bonchev–Trinajstić information content (AvgIpc) is 3.14. The van der Waals surface area contributed by atoms with Crippen LogP contribution in [0.4, 0.5) is 8.78 Å². The molecule has 0 aromatic carbocycles. The van der Waals surface area contributed by atoms with Gasteiger partial charge in [0.1, 0.15) is 5.69 Å². The number of pyridine rings is 3. The van der Waals surface area contributed by atoms with Crippen LogP contribution in [0.25, 0.3) is 22.6 Å². The van der Waals surface area contributed by atoms with Crippen molar-refractivity contribution in [2.45, 2.75) is 26.2 Å². The molecule has 29 heavy (non-hydrogen) atoms. The summed E-state index contributed by atoms with van der Waals surface area (Å²) >= 11 is 0.